The molecule has 1 unspecified atom stereocenters. The molecule has 0 radical (unpaired) electrons. The highest BCUT2D eigenvalue weighted by Gasteiger charge is 2.27. The summed E-state index contributed by atoms with van der Waals surface area (Å²) in [7, 11) is 0. The van der Waals surface area contributed by atoms with Gasteiger partial charge in [-0.25, -0.2) is 0 Å². The van der Waals surface area contributed by atoms with Gasteiger partial charge in [-0.3, -0.25) is 9.69 Å². The second kappa shape index (κ2) is 7.64. The van der Waals surface area contributed by atoms with Crippen molar-refractivity contribution in [1.82, 2.24) is 0 Å². The maximum Gasteiger partial charge on any atom is 0.262 e. The van der Waals surface area contributed by atoms with Gasteiger partial charge in [0.15, 0.2) is 0 Å². The normalized spacial score (nSPS) is 15.2. The number of para-hydroxylation sites is 2. The molecule has 0 spiro atoms. The molecule has 136 valence electrons. The van der Waals surface area contributed by atoms with E-state index in [1.165, 1.54) is 0 Å². The third-order valence-corrected chi connectivity index (χ3v) is 4.49. The molecule has 27 heavy (non-hydrogen) atoms. The van der Waals surface area contributed by atoms with Gasteiger partial charge >= 0.3 is 0 Å². The first-order chi connectivity index (χ1) is 13.2. The van der Waals surface area contributed by atoms with Crippen molar-refractivity contribution >= 4 is 17.3 Å². The highest BCUT2D eigenvalue weighted by molar-refractivity contribution is 6.11. The summed E-state index contributed by atoms with van der Waals surface area (Å²) in [4.78, 5) is 15.1. The first-order valence-electron chi connectivity index (χ1n) is 9.02. The molecule has 1 fully saturated rings. The van der Waals surface area contributed by atoms with Crippen molar-refractivity contribution in [2.45, 2.75) is 13.0 Å². The number of carbonyl (C=O) groups is 1. The van der Waals surface area contributed by atoms with E-state index in [9.17, 15) is 4.79 Å². The monoisotopic (exact) mass is 359 g/mol. The molecule has 0 bridgehead atoms. The number of aryl methyl sites for hydroxylation is 1. The van der Waals surface area contributed by atoms with Gasteiger partial charge in [0.25, 0.3) is 5.91 Å². The van der Waals surface area contributed by atoms with Crippen molar-refractivity contribution in [2.75, 3.05) is 18.1 Å². The third kappa shape index (κ3) is 3.86. The fraction of sp³-hybridized carbons (Fsp3) is 0.174. The minimum atomic E-state index is -0.0973. The molecule has 1 aliphatic rings. The molecule has 4 heteroatoms. The first-order valence-corrected chi connectivity index (χ1v) is 9.02. The van der Waals surface area contributed by atoms with Crippen LogP contribution in [0.3, 0.4) is 0 Å². The fourth-order valence-corrected chi connectivity index (χ4v) is 2.99. The van der Waals surface area contributed by atoms with Gasteiger partial charge in [0.1, 0.15) is 18.5 Å². The van der Waals surface area contributed by atoms with Crippen LogP contribution in [0.5, 0.6) is 5.75 Å². The van der Waals surface area contributed by atoms with E-state index < -0.39 is 0 Å². The van der Waals surface area contributed by atoms with Crippen LogP contribution in [0.2, 0.25) is 0 Å². The Balaban J connectivity index is 1.79. The Morgan fingerprint density at radius 1 is 1.00 bits per heavy atom. The van der Waals surface area contributed by atoms with Gasteiger partial charge < -0.3 is 9.47 Å². The standard InChI is InChI=1S/C23H21NO3/c1-17-9-8-14-21(22(17)27-16-20-15-26-20)24(19-12-6-3-7-13-19)23(25)18-10-4-2-5-11-18/h2-14,20H,15-16H2,1H3. The van der Waals surface area contributed by atoms with E-state index in [0.717, 1.165) is 23.5 Å². The van der Waals surface area contributed by atoms with Gasteiger partial charge in [0.2, 0.25) is 0 Å². The Bertz CT molecular complexity index is 921. The van der Waals surface area contributed by atoms with Crippen LogP contribution in [-0.4, -0.2) is 25.2 Å². The summed E-state index contributed by atoms with van der Waals surface area (Å²) in [5, 5.41) is 0. The number of amides is 1. The quantitative estimate of drug-likeness (QED) is 0.597. The molecule has 1 heterocycles. The van der Waals surface area contributed by atoms with E-state index in [4.69, 9.17) is 9.47 Å². The number of hydrogen-bond donors (Lipinski definition) is 0. The summed E-state index contributed by atoms with van der Waals surface area (Å²) in [6, 6.07) is 24.8. The van der Waals surface area contributed by atoms with Gasteiger partial charge in [-0.15, -0.1) is 0 Å². The van der Waals surface area contributed by atoms with Gasteiger partial charge in [-0.2, -0.15) is 0 Å². The van der Waals surface area contributed by atoms with Gasteiger partial charge in [-0.1, -0.05) is 48.5 Å². The second-order valence-electron chi connectivity index (χ2n) is 6.53. The van der Waals surface area contributed by atoms with Gasteiger partial charge in [0, 0.05) is 11.3 Å². The van der Waals surface area contributed by atoms with E-state index in [0.29, 0.717) is 17.9 Å². The molecule has 1 saturated heterocycles. The second-order valence-corrected chi connectivity index (χ2v) is 6.53. The molecule has 1 amide bonds. The molecule has 0 aliphatic carbocycles. The third-order valence-electron chi connectivity index (χ3n) is 4.49. The fourth-order valence-electron chi connectivity index (χ4n) is 2.99. The van der Waals surface area contributed by atoms with Crippen molar-refractivity contribution in [3.63, 3.8) is 0 Å². The van der Waals surface area contributed by atoms with Crippen LogP contribution in [0.4, 0.5) is 11.4 Å². The summed E-state index contributed by atoms with van der Waals surface area (Å²) in [6.07, 6.45) is 0.146. The van der Waals surface area contributed by atoms with E-state index >= 15 is 0 Å². The predicted molar refractivity (Wildman–Crippen MR) is 106 cm³/mol. The Labute approximate surface area is 159 Å². The number of rotatable bonds is 6. The first kappa shape index (κ1) is 17.3. The molecule has 1 aliphatic heterocycles. The Hall–Kier alpha value is -3.11. The Kier molecular flexibility index (Phi) is 4.90. The zero-order chi connectivity index (χ0) is 18.6. The van der Waals surface area contributed by atoms with Crippen LogP contribution in [-0.2, 0) is 4.74 Å². The zero-order valence-corrected chi connectivity index (χ0v) is 15.2. The Morgan fingerprint density at radius 2 is 1.67 bits per heavy atom. The average Bonchev–Trinajstić information content (AvgIpc) is 3.53. The van der Waals surface area contributed by atoms with Gasteiger partial charge in [0.05, 0.1) is 12.3 Å². The van der Waals surface area contributed by atoms with Crippen molar-refractivity contribution < 1.29 is 14.3 Å². The maximum atomic E-state index is 13.4. The molecular weight excluding hydrogens is 338 g/mol. The predicted octanol–water partition coefficient (Wildman–Crippen LogP) is 4.75. The van der Waals surface area contributed by atoms with Crippen LogP contribution >= 0.6 is 0 Å². The number of anilines is 2. The lowest BCUT2D eigenvalue weighted by molar-refractivity contribution is 0.0998. The number of carbonyl (C=O) groups excluding carboxylic acids is 1. The lowest BCUT2D eigenvalue weighted by atomic mass is 10.1. The van der Waals surface area contributed by atoms with E-state index in [-0.39, 0.29) is 12.0 Å². The smallest absolute Gasteiger partial charge is 0.262 e. The van der Waals surface area contributed by atoms with Crippen molar-refractivity contribution in [3.8, 4) is 5.75 Å². The maximum absolute atomic E-state index is 13.4. The van der Waals surface area contributed by atoms with Crippen molar-refractivity contribution in [1.29, 1.82) is 0 Å². The SMILES string of the molecule is Cc1cccc(N(C(=O)c2ccccc2)c2ccccc2)c1OCC1CO1. The van der Waals surface area contributed by atoms with Crippen LogP contribution in [0.25, 0.3) is 0 Å². The zero-order valence-electron chi connectivity index (χ0n) is 15.2. The summed E-state index contributed by atoms with van der Waals surface area (Å²) in [5.41, 5.74) is 3.13. The highest BCUT2D eigenvalue weighted by atomic mass is 16.6. The van der Waals surface area contributed by atoms with Crippen LogP contribution in [0.1, 0.15) is 15.9 Å². The van der Waals surface area contributed by atoms with E-state index in [2.05, 4.69) is 0 Å². The number of hydrogen-bond acceptors (Lipinski definition) is 3. The number of epoxide rings is 1. The lowest BCUT2D eigenvalue weighted by Gasteiger charge is -2.26. The summed E-state index contributed by atoms with van der Waals surface area (Å²) >= 11 is 0. The number of ether oxygens (including phenoxy) is 2. The minimum Gasteiger partial charge on any atom is -0.488 e. The summed E-state index contributed by atoms with van der Waals surface area (Å²) in [6.45, 7) is 3.20. The van der Waals surface area contributed by atoms with Crippen molar-refractivity contribution in [2.24, 2.45) is 0 Å². The summed E-state index contributed by atoms with van der Waals surface area (Å²) in [5.74, 6) is 0.612. The van der Waals surface area contributed by atoms with Gasteiger partial charge in [-0.05, 0) is 42.8 Å². The molecule has 4 rings (SSSR count). The number of benzene rings is 3. The molecule has 0 N–H and O–H groups in total. The molecule has 0 aromatic heterocycles. The Morgan fingerprint density at radius 3 is 2.33 bits per heavy atom. The van der Waals surface area contributed by atoms with Crippen LogP contribution in [0.15, 0.2) is 78.9 Å². The highest BCUT2D eigenvalue weighted by Crippen LogP contribution is 2.37. The van der Waals surface area contributed by atoms with Crippen LogP contribution < -0.4 is 9.64 Å². The molecule has 4 nitrogen and oxygen atoms in total. The van der Waals surface area contributed by atoms with E-state index in [1.54, 1.807) is 4.90 Å². The number of nitrogens with zero attached hydrogens (tertiary/aromatic N) is 1. The average molecular weight is 359 g/mol. The molecule has 1 atom stereocenters. The summed E-state index contributed by atoms with van der Waals surface area (Å²) < 4.78 is 11.3. The van der Waals surface area contributed by atoms with Crippen molar-refractivity contribution in [3.05, 3.63) is 90.0 Å². The van der Waals surface area contributed by atoms with Crippen LogP contribution in [0, 0.1) is 6.92 Å². The molecule has 3 aromatic carbocycles. The molecular formula is C23H21NO3. The topological polar surface area (TPSA) is 42.1 Å². The minimum absolute atomic E-state index is 0.0973. The molecule has 3 aromatic rings. The largest absolute Gasteiger partial charge is 0.488 e. The van der Waals surface area contributed by atoms with E-state index in [1.807, 2.05) is 85.8 Å². The lowest BCUT2D eigenvalue weighted by Crippen LogP contribution is -2.26. The molecule has 0 saturated carbocycles.